The Morgan fingerprint density at radius 1 is 1.23 bits per heavy atom. The summed E-state index contributed by atoms with van der Waals surface area (Å²) in [6.07, 6.45) is 0.940. The Hall–Kier alpha value is -2.58. The zero-order chi connectivity index (χ0) is 22.9. The van der Waals surface area contributed by atoms with Crippen LogP contribution in [0.3, 0.4) is 0 Å². The van der Waals surface area contributed by atoms with Gasteiger partial charge in [0.2, 0.25) is 10.0 Å². The van der Waals surface area contributed by atoms with Crippen molar-refractivity contribution in [2.24, 2.45) is 0 Å². The maximum absolute atomic E-state index is 12.9. The number of benzene rings is 2. The van der Waals surface area contributed by atoms with Crippen molar-refractivity contribution in [2.45, 2.75) is 51.7 Å². The molecule has 0 unspecified atom stereocenters. The fourth-order valence-electron chi connectivity index (χ4n) is 3.61. The minimum atomic E-state index is -3.66. The van der Waals surface area contributed by atoms with Crippen LogP contribution >= 0.6 is 0 Å². The normalized spacial score (nSPS) is 15.5. The van der Waals surface area contributed by atoms with Crippen LogP contribution < -0.4 is 14.8 Å². The van der Waals surface area contributed by atoms with Crippen molar-refractivity contribution < 1.29 is 22.7 Å². The topological polar surface area (TPSA) is 84.9 Å². The molecule has 1 amide bonds. The molecule has 0 radical (unpaired) electrons. The van der Waals surface area contributed by atoms with E-state index in [2.05, 4.69) is 5.32 Å². The monoisotopic (exact) mass is 446 g/mol. The molecule has 3 rings (SSSR count). The number of nitrogens with one attached hydrogen (secondary N) is 1. The summed E-state index contributed by atoms with van der Waals surface area (Å²) in [5.41, 5.74) is 3.58. The minimum Gasteiger partial charge on any atom is -0.494 e. The average Bonchev–Trinajstić information content (AvgIpc) is 3.06. The highest BCUT2D eigenvalue weighted by Crippen LogP contribution is 2.35. The number of hydrogen-bond acceptors (Lipinski definition) is 5. The van der Waals surface area contributed by atoms with E-state index in [1.807, 2.05) is 26.0 Å². The van der Waals surface area contributed by atoms with Crippen LogP contribution in [0.25, 0.3) is 0 Å². The average molecular weight is 447 g/mol. The van der Waals surface area contributed by atoms with Crippen molar-refractivity contribution in [3.63, 3.8) is 0 Å². The van der Waals surface area contributed by atoms with E-state index in [9.17, 15) is 13.2 Å². The predicted octanol–water partition coefficient (Wildman–Crippen LogP) is 3.21. The molecule has 0 aliphatic carbocycles. The third kappa shape index (κ3) is 4.70. The lowest BCUT2D eigenvalue weighted by molar-refractivity contribution is 0.0950. The number of sulfonamides is 1. The van der Waals surface area contributed by atoms with Crippen molar-refractivity contribution in [2.75, 3.05) is 20.7 Å². The molecule has 2 aromatic carbocycles. The van der Waals surface area contributed by atoms with Gasteiger partial charge < -0.3 is 14.8 Å². The van der Waals surface area contributed by atoms with Gasteiger partial charge in [-0.25, -0.2) is 12.7 Å². The minimum absolute atomic E-state index is 0.113. The molecule has 8 heteroatoms. The maximum atomic E-state index is 12.9. The Labute approximate surface area is 184 Å². The van der Waals surface area contributed by atoms with Gasteiger partial charge in [0, 0.05) is 43.8 Å². The molecular formula is C23H30N2O5S. The summed E-state index contributed by atoms with van der Waals surface area (Å²) >= 11 is 0. The van der Waals surface area contributed by atoms with Gasteiger partial charge in [0.15, 0.2) is 0 Å². The molecular weight excluding hydrogens is 416 g/mol. The Balaban J connectivity index is 1.87. The van der Waals surface area contributed by atoms with Gasteiger partial charge in [-0.05, 0) is 63.1 Å². The van der Waals surface area contributed by atoms with Crippen LogP contribution in [0, 0.1) is 13.8 Å². The number of nitrogens with zero attached hydrogens (tertiary/aromatic N) is 1. The first-order valence-electron chi connectivity index (χ1n) is 10.3. The fourth-order valence-corrected chi connectivity index (χ4v) is 4.83. The number of hydrogen-bond donors (Lipinski definition) is 1. The molecule has 2 aromatic rings. The van der Waals surface area contributed by atoms with Crippen LogP contribution in [0.5, 0.6) is 11.5 Å². The van der Waals surface area contributed by atoms with Crippen LogP contribution in [0.1, 0.15) is 46.5 Å². The SMILES string of the molecule is CCOc1cc2c(cc1CNC(=O)c1cc(C)c(C)c(S(=O)(=O)N(C)C)c1)O[C@H](C)C2. The first-order chi connectivity index (χ1) is 14.5. The highest BCUT2D eigenvalue weighted by atomic mass is 32.2. The van der Waals surface area contributed by atoms with Crippen molar-refractivity contribution in [1.29, 1.82) is 0 Å². The number of fused-ring (bicyclic) bond motifs is 1. The lowest BCUT2D eigenvalue weighted by Gasteiger charge is -2.17. The third-order valence-corrected chi connectivity index (χ3v) is 7.40. The molecule has 31 heavy (non-hydrogen) atoms. The predicted molar refractivity (Wildman–Crippen MR) is 119 cm³/mol. The maximum Gasteiger partial charge on any atom is 0.251 e. The summed E-state index contributed by atoms with van der Waals surface area (Å²) in [6, 6.07) is 7.02. The Kier molecular flexibility index (Phi) is 6.62. The Morgan fingerprint density at radius 2 is 1.94 bits per heavy atom. The lowest BCUT2D eigenvalue weighted by atomic mass is 10.0. The molecule has 7 nitrogen and oxygen atoms in total. The Morgan fingerprint density at radius 3 is 2.58 bits per heavy atom. The molecule has 0 saturated carbocycles. The van der Waals surface area contributed by atoms with E-state index in [1.165, 1.54) is 20.2 Å². The third-order valence-electron chi connectivity index (χ3n) is 5.46. The molecule has 0 saturated heterocycles. The van der Waals surface area contributed by atoms with Crippen LogP contribution in [0.15, 0.2) is 29.2 Å². The number of carbonyl (C=O) groups is 1. The standard InChI is InChI=1S/C23H30N2O5S/c1-7-29-20-10-17-9-15(3)30-21(17)11-19(20)13-24-23(26)18-8-14(2)16(4)22(12-18)31(27,28)25(5)6/h8,10-12,15H,7,9,13H2,1-6H3,(H,24,26)/t15-/m1/s1. The van der Waals surface area contributed by atoms with Gasteiger partial charge in [0.25, 0.3) is 5.91 Å². The molecule has 1 N–H and O–H groups in total. The summed E-state index contributed by atoms with van der Waals surface area (Å²) in [6.45, 7) is 8.22. The van der Waals surface area contributed by atoms with Crippen LogP contribution in [0.2, 0.25) is 0 Å². The molecule has 0 aromatic heterocycles. The van der Waals surface area contributed by atoms with Gasteiger partial charge in [-0.2, -0.15) is 0 Å². The Bertz CT molecular complexity index is 1110. The van der Waals surface area contributed by atoms with Gasteiger partial charge in [-0.15, -0.1) is 0 Å². The summed E-state index contributed by atoms with van der Waals surface area (Å²) in [4.78, 5) is 13.0. The molecule has 1 heterocycles. The van der Waals surface area contributed by atoms with E-state index in [0.29, 0.717) is 17.7 Å². The molecule has 0 spiro atoms. The first-order valence-corrected chi connectivity index (χ1v) is 11.8. The number of aryl methyl sites for hydroxylation is 1. The van der Waals surface area contributed by atoms with Gasteiger partial charge >= 0.3 is 0 Å². The second-order valence-electron chi connectivity index (χ2n) is 8.02. The van der Waals surface area contributed by atoms with E-state index in [4.69, 9.17) is 9.47 Å². The quantitative estimate of drug-likeness (QED) is 0.706. The lowest BCUT2D eigenvalue weighted by Crippen LogP contribution is -2.26. The van der Waals surface area contributed by atoms with E-state index >= 15 is 0 Å². The van der Waals surface area contributed by atoms with Crippen LogP contribution in [0.4, 0.5) is 0 Å². The zero-order valence-corrected chi connectivity index (χ0v) is 19.7. The van der Waals surface area contributed by atoms with E-state index in [1.54, 1.807) is 19.9 Å². The van der Waals surface area contributed by atoms with Crippen LogP contribution in [-0.2, 0) is 23.0 Å². The summed E-state index contributed by atoms with van der Waals surface area (Å²) in [5.74, 6) is 1.18. The highest BCUT2D eigenvalue weighted by molar-refractivity contribution is 7.89. The van der Waals surface area contributed by atoms with Crippen LogP contribution in [-0.4, -0.2) is 45.4 Å². The van der Waals surface area contributed by atoms with E-state index < -0.39 is 10.0 Å². The van der Waals surface area contributed by atoms with Gasteiger partial charge in [-0.1, -0.05) is 0 Å². The molecule has 0 bridgehead atoms. The smallest absolute Gasteiger partial charge is 0.251 e. The molecule has 168 valence electrons. The summed E-state index contributed by atoms with van der Waals surface area (Å²) in [5, 5.41) is 2.89. The molecule has 1 atom stereocenters. The fraction of sp³-hybridized carbons (Fsp3) is 0.435. The van der Waals surface area contributed by atoms with Gasteiger partial charge in [0.1, 0.15) is 17.6 Å². The largest absolute Gasteiger partial charge is 0.494 e. The zero-order valence-electron chi connectivity index (χ0n) is 18.9. The highest BCUT2D eigenvalue weighted by Gasteiger charge is 2.24. The van der Waals surface area contributed by atoms with Crippen molar-refractivity contribution in [1.82, 2.24) is 9.62 Å². The van der Waals surface area contributed by atoms with Crippen molar-refractivity contribution in [3.05, 3.63) is 52.1 Å². The molecule has 0 fully saturated rings. The molecule has 1 aliphatic rings. The number of ether oxygens (including phenoxy) is 2. The number of amides is 1. The summed E-state index contributed by atoms with van der Waals surface area (Å²) in [7, 11) is -0.712. The van der Waals surface area contributed by atoms with E-state index in [0.717, 1.165) is 38.9 Å². The number of rotatable bonds is 7. The van der Waals surface area contributed by atoms with Crippen molar-refractivity contribution >= 4 is 15.9 Å². The summed E-state index contributed by atoms with van der Waals surface area (Å²) < 4.78 is 38.1. The first kappa shape index (κ1) is 23.1. The van der Waals surface area contributed by atoms with Crippen molar-refractivity contribution in [3.8, 4) is 11.5 Å². The second kappa shape index (κ2) is 8.88. The number of carbonyl (C=O) groups excluding carboxylic acids is 1. The second-order valence-corrected chi connectivity index (χ2v) is 10.1. The van der Waals surface area contributed by atoms with Gasteiger partial charge in [0.05, 0.1) is 11.5 Å². The molecule has 1 aliphatic heterocycles. The van der Waals surface area contributed by atoms with Gasteiger partial charge in [-0.3, -0.25) is 4.79 Å². The van der Waals surface area contributed by atoms with E-state index in [-0.39, 0.29) is 23.5 Å².